The van der Waals surface area contributed by atoms with Crippen LogP contribution in [0, 0.1) is 0 Å². The summed E-state index contributed by atoms with van der Waals surface area (Å²) in [6.07, 6.45) is 3.37. The van der Waals surface area contributed by atoms with Crippen molar-refractivity contribution < 1.29 is 4.74 Å². The molecule has 0 radical (unpaired) electrons. The fraction of sp³-hybridized carbons (Fsp3) is 0.172. The highest BCUT2D eigenvalue weighted by Gasteiger charge is 2.46. The first kappa shape index (κ1) is 18.8. The monoisotopic (exact) mass is 420 g/mol. The number of fused-ring (bicyclic) bond motifs is 4. The third-order valence-corrected chi connectivity index (χ3v) is 9.37. The summed E-state index contributed by atoms with van der Waals surface area (Å²) >= 11 is 0. The second-order valence-corrected chi connectivity index (χ2v) is 10.7. The van der Waals surface area contributed by atoms with Crippen molar-refractivity contribution in [2.75, 3.05) is 6.61 Å². The van der Waals surface area contributed by atoms with Crippen molar-refractivity contribution in [3.8, 4) is 5.75 Å². The standard InChI is InChI=1S/C29H25OP/c1-3-11-23(12-4-1)31(24-13-5-2-6-14-24)27-17-9-10-22-18-19-29(28(22)27)20-21-30-26-16-8-7-15-25(26)29/h1-17H,18-21H2/t29-/m1/s1. The molecule has 0 unspecified atom stereocenters. The molecule has 31 heavy (non-hydrogen) atoms. The predicted molar refractivity (Wildman–Crippen MR) is 131 cm³/mol. The van der Waals surface area contributed by atoms with E-state index in [0.717, 1.165) is 25.2 Å². The number of rotatable bonds is 3. The van der Waals surface area contributed by atoms with E-state index >= 15 is 0 Å². The molecule has 1 heterocycles. The molecule has 0 N–H and O–H groups in total. The molecule has 6 rings (SSSR count). The fourth-order valence-corrected chi connectivity index (χ4v) is 8.18. The van der Waals surface area contributed by atoms with Crippen LogP contribution in [-0.2, 0) is 11.8 Å². The molecule has 4 aromatic carbocycles. The molecule has 0 amide bonds. The highest BCUT2D eigenvalue weighted by molar-refractivity contribution is 7.79. The molecule has 2 aliphatic rings. The molecular formula is C29H25OP. The molecule has 2 heteroatoms. The van der Waals surface area contributed by atoms with E-state index in [1.807, 2.05) is 0 Å². The molecule has 1 aliphatic carbocycles. The summed E-state index contributed by atoms with van der Waals surface area (Å²) in [6, 6.07) is 37.9. The van der Waals surface area contributed by atoms with E-state index in [9.17, 15) is 0 Å². The van der Waals surface area contributed by atoms with Gasteiger partial charge in [0.2, 0.25) is 0 Å². The van der Waals surface area contributed by atoms with Crippen LogP contribution in [0.3, 0.4) is 0 Å². The Kier molecular flexibility index (Phi) is 4.66. The van der Waals surface area contributed by atoms with Gasteiger partial charge in [0.05, 0.1) is 6.61 Å². The highest BCUT2D eigenvalue weighted by Crippen LogP contribution is 2.53. The van der Waals surface area contributed by atoms with Gasteiger partial charge in [-0.05, 0) is 60.3 Å². The maximum absolute atomic E-state index is 6.10. The molecule has 1 aliphatic heterocycles. The molecule has 1 atom stereocenters. The maximum Gasteiger partial charge on any atom is 0.123 e. The fourth-order valence-electron chi connectivity index (χ4n) is 5.57. The van der Waals surface area contributed by atoms with Crippen molar-refractivity contribution in [3.05, 3.63) is 120 Å². The van der Waals surface area contributed by atoms with E-state index in [1.54, 1.807) is 5.56 Å². The van der Waals surface area contributed by atoms with Crippen LogP contribution in [0.4, 0.5) is 0 Å². The van der Waals surface area contributed by atoms with Gasteiger partial charge in [-0.3, -0.25) is 0 Å². The molecule has 1 nitrogen and oxygen atoms in total. The molecule has 0 aromatic heterocycles. The smallest absolute Gasteiger partial charge is 0.123 e. The van der Waals surface area contributed by atoms with Gasteiger partial charge in [-0.25, -0.2) is 0 Å². The normalized spacial score (nSPS) is 19.1. The molecule has 4 aromatic rings. The highest BCUT2D eigenvalue weighted by atomic mass is 31.1. The average Bonchev–Trinajstić information content (AvgIpc) is 3.21. The van der Waals surface area contributed by atoms with Gasteiger partial charge in [0.25, 0.3) is 0 Å². The lowest BCUT2D eigenvalue weighted by molar-refractivity contribution is 0.235. The number of hydrogen-bond donors (Lipinski definition) is 0. The van der Waals surface area contributed by atoms with Crippen molar-refractivity contribution in [3.63, 3.8) is 0 Å². The second-order valence-electron chi connectivity index (χ2n) is 8.49. The Hall–Kier alpha value is -2.89. The number of hydrogen-bond acceptors (Lipinski definition) is 1. The van der Waals surface area contributed by atoms with Crippen molar-refractivity contribution in [2.45, 2.75) is 24.7 Å². The van der Waals surface area contributed by atoms with E-state index in [4.69, 9.17) is 4.74 Å². The summed E-state index contributed by atoms with van der Waals surface area (Å²) in [5.41, 5.74) is 4.53. The largest absolute Gasteiger partial charge is 0.493 e. The average molecular weight is 420 g/mol. The topological polar surface area (TPSA) is 9.23 Å². The maximum atomic E-state index is 6.10. The summed E-state index contributed by atoms with van der Waals surface area (Å²) in [6.45, 7) is 0.791. The zero-order chi connectivity index (χ0) is 20.7. The van der Waals surface area contributed by atoms with Crippen LogP contribution in [0.5, 0.6) is 5.75 Å². The van der Waals surface area contributed by atoms with Crippen LogP contribution >= 0.6 is 7.92 Å². The predicted octanol–water partition coefficient (Wildman–Crippen LogP) is 5.46. The Morgan fingerprint density at radius 3 is 2.06 bits per heavy atom. The van der Waals surface area contributed by atoms with Gasteiger partial charge in [0.15, 0.2) is 0 Å². The van der Waals surface area contributed by atoms with E-state index in [1.165, 1.54) is 33.5 Å². The van der Waals surface area contributed by atoms with Crippen molar-refractivity contribution >= 4 is 23.8 Å². The van der Waals surface area contributed by atoms with Crippen molar-refractivity contribution in [1.29, 1.82) is 0 Å². The molecule has 1 spiro atoms. The minimum Gasteiger partial charge on any atom is -0.493 e. The summed E-state index contributed by atoms with van der Waals surface area (Å²) in [4.78, 5) is 0. The van der Waals surface area contributed by atoms with Gasteiger partial charge < -0.3 is 4.74 Å². The molecule has 0 fully saturated rings. The zero-order valence-electron chi connectivity index (χ0n) is 17.5. The molecule has 0 saturated heterocycles. The Labute approximate surface area is 185 Å². The number of para-hydroxylation sites is 1. The van der Waals surface area contributed by atoms with Crippen molar-refractivity contribution in [1.82, 2.24) is 0 Å². The molecule has 152 valence electrons. The van der Waals surface area contributed by atoms with Gasteiger partial charge >= 0.3 is 0 Å². The number of aryl methyl sites for hydroxylation is 1. The Morgan fingerprint density at radius 2 is 1.32 bits per heavy atom. The molecule has 0 saturated carbocycles. The SMILES string of the molecule is c1ccc(P(c2ccccc2)c2cccc3c2[C@@]2(CCOc4ccccc42)CC3)cc1. The van der Waals surface area contributed by atoms with Crippen LogP contribution in [0.1, 0.15) is 29.5 Å². The van der Waals surface area contributed by atoms with Gasteiger partial charge in [-0.15, -0.1) is 0 Å². The van der Waals surface area contributed by atoms with Crippen LogP contribution in [0.15, 0.2) is 103 Å². The lowest BCUT2D eigenvalue weighted by Gasteiger charge is -2.39. The summed E-state index contributed by atoms with van der Waals surface area (Å²) in [5.74, 6) is 1.07. The lowest BCUT2D eigenvalue weighted by Crippen LogP contribution is -2.37. The minimum atomic E-state index is -0.630. The number of benzene rings is 4. The van der Waals surface area contributed by atoms with Crippen LogP contribution in [-0.4, -0.2) is 6.61 Å². The summed E-state index contributed by atoms with van der Waals surface area (Å²) in [5, 5.41) is 4.35. The van der Waals surface area contributed by atoms with Crippen molar-refractivity contribution in [2.24, 2.45) is 0 Å². The third-order valence-electron chi connectivity index (χ3n) is 6.89. The van der Waals surface area contributed by atoms with E-state index in [2.05, 4.69) is 103 Å². The lowest BCUT2D eigenvalue weighted by atomic mass is 9.71. The van der Waals surface area contributed by atoms with Gasteiger partial charge in [0, 0.05) is 11.0 Å². The zero-order valence-corrected chi connectivity index (χ0v) is 18.4. The second kappa shape index (κ2) is 7.66. The van der Waals surface area contributed by atoms with Crippen LogP contribution in [0.2, 0.25) is 0 Å². The minimum absolute atomic E-state index is 0.0604. The van der Waals surface area contributed by atoms with Gasteiger partial charge in [-0.2, -0.15) is 0 Å². The van der Waals surface area contributed by atoms with E-state index in [0.29, 0.717) is 0 Å². The summed E-state index contributed by atoms with van der Waals surface area (Å²) in [7, 11) is -0.630. The first-order valence-electron chi connectivity index (χ1n) is 11.1. The first-order chi connectivity index (χ1) is 15.4. The van der Waals surface area contributed by atoms with E-state index in [-0.39, 0.29) is 5.41 Å². The molecule has 0 bridgehead atoms. The Bertz CT molecular complexity index is 1180. The number of ether oxygens (including phenoxy) is 1. The Morgan fingerprint density at radius 1 is 0.645 bits per heavy atom. The third kappa shape index (κ3) is 3.03. The molecular weight excluding hydrogens is 395 g/mol. The van der Waals surface area contributed by atoms with Gasteiger partial charge in [-0.1, -0.05) is 97.1 Å². The Balaban J connectivity index is 1.62. The van der Waals surface area contributed by atoms with E-state index < -0.39 is 7.92 Å². The van der Waals surface area contributed by atoms with Gasteiger partial charge in [0.1, 0.15) is 5.75 Å². The first-order valence-corrected chi connectivity index (χ1v) is 12.5. The quantitative estimate of drug-likeness (QED) is 0.400. The van der Waals surface area contributed by atoms with Crippen LogP contribution < -0.4 is 20.7 Å². The van der Waals surface area contributed by atoms with Crippen LogP contribution in [0.25, 0.3) is 0 Å². The summed E-state index contributed by atoms with van der Waals surface area (Å²) < 4.78 is 6.10.